The second-order valence-electron chi connectivity index (χ2n) is 5.21. The summed E-state index contributed by atoms with van der Waals surface area (Å²) in [4.78, 5) is 11.9. The molecule has 0 radical (unpaired) electrons. The summed E-state index contributed by atoms with van der Waals surface area (Å²) in [6.45, 7) is 2.21. The molecule has 0 atom stereocenters. The van der Waals surface area contributed by atoms with Gasteiger partial charge in [0.05, 0.1) is 12.2 Å². The summed E-state index contributed by atoms with van der Waals surface area (Å²) in [5, 5.41) is 2.48. The molecule has 4 nitrogen and oxygen atoms in total. The summed E-state index contributed by atoms with van der Waals surface area (Å²) < 4.78 is 48.4. The molecule has 0 fully saturated rings. The minimum atomic E-state index is -4.41. The van der Waals surface area contributed by atoms with Crippen LogP contribution in [0, 0.1) is 0 Å². The molecule has 0 heterocycles. The van der Waals surface area contributed by atoms with Crippen LogP contribution >= 0.6 is 0 Å². The van der Waals surface area contributed by atoms with Crippen LogP contribution in [-0.2, 0) is 11.0 Å². The van der Waals surface area contributed by atoms with Gasteiger partial charge in [-0.2, -0.15) is 13.2 Å². The van der Waals surface area contributed by atoms with Gasteiger partial charge in [0.1, 0.15) is 0 Å². The van der Waals surface area contributed by atoms with Gasteiger partial charge in [-0.05, 0) is 42.8 Å². The van der Waals surface area contributed by atoms with Crippen molar-refractivity contribution in [2.45, 2.75) is 19.5 Å². The molecule has 134 valence electrons. The normalized spacial score (nSPS) is 11.0. The highest BCUT2D eigenvalue weighted by molar-refractivity contribution is 5.91. The average Bonchev–Trinajstić information content (AvgIpc) is 2.58. The van der Waals surface area contributed by atoms with Crippen LogP contribution in [-0.4, -0.2) is 19.1 Å². The molecule has 0 aromatic heterocycles. The Kier molecular flexibility index (Phi) is 6.27. The van der Waals surface area contributed by atoms with Crippen LogP contribution in [0.25, 0.3) is 0 Å². The number of nitrogens with one attached hydrogen (secondary N) is 1. The Morgan fingerprint density at radius 3 is 2.16 bits per heavy atom. The Morgan fingerprint density at radius 1 is 1.00 bits per heavy atom. The van der Waals surface area contributed by atoms with Crippen LogP contribution in [0.4, 0.5) is 18.9 Å². The van der Waals surface area contributed by atoms with Gasteiger partial charge in [-0.15, -0.1) is 0 Å². The molecule has 0 aliphatic heterocycles. The predicted molar refractivity (Wildman–Crippen MR) is 87.8 cm³/mol. The smallest absolute Gasteiger partial charge is 0.416 e. The van der Waals surface area contributed by atoms with E-state index in [4.69, 9.17) is 9.47 Å². The third kappa shape index (κ3) is 5.70. The second-order valence-corrected chi connectivity index (χ2v) is 5.21. The van der Waals surface area contributed by atoms with E-state index in [2.05, 4.69) is 5.32 Å². The maximum Gasteiger partial charge on any atom is 0.416 e. The zero-order valence-electron chi connectivity index (χ0n) is 13.6. The highest BCUT2D eigenvalue weighted by atomic mass is 19.4. The number of hydrogen-bond acceptors (Lipinski definition) is 3. The predicted octanol–water partition coefficient (Wildman–Crippen LogP) is 4.51. The highest BCUT2D eigenvalue weighted by Gasteiger charge is 2.29. The van der Waals surface area contributed by atoms with Crippen molar-refractivity contribution in [1.29, 1.82) is 0 Å². The first-order valence-corrected chi connectivity index (χ1v) is 7.72. The maximum atomic E-state index is 12.5. The van der Waals surface area contributed by atoms with Crippen molar-refractivity contribution in [1.82, 2.24) is 0 Å². The lowest BCUT2D eigenvalue weighted by Gasteiger charge is -2.12. The molecule has 0 aliphatic carbocycles. The Hall–Kier alpha value is -2.70. The van der Waals surface area contributed by atoms with Crippen LogP contribution < -0.4 is 14.8 Å². The number of benzene rings is 2. The van der Waals surface area contributed by atoms with Gasteiger partial charge in [-0.1, -0.05) is 19.1 Å². The first kappa shape index (κ1) is 18.6. The quantitative estimate of drug-likeness (QED) is 0.797. The van der Waals surface area contributed by atoms with Crippen molar-refractivity contribution in [2.24, 2.45) is 0 Å². The molecular weight excluding hydrogens is 335 g/mol. The van der Waals surface area contributed by atoms with E-state index in [0.717, 1.165) is 18.6 Å². The molecule has 0 bridgehead atoms. The third-order valence-electron chi connectivity index (χ3n) is 3.17. The summed E-state index contributed by atoms with van der Waals surface area (Å²) in [5.74, 6) is 0.482. The van der Waals surface area contributed by atoms with E-state index in [-0.39, 0.29) is 12.3 Å². The van der Waals surface area contributed by atoms with Gasteiger partial charge in [-0.25, -0.2) is 0 Å². The summed E-state index contributed by atoms with van der Waals surface area (Å²) in [5.41, 5.74) is -0.513. The first-order chi connectivity index (χ1) is 11.9. The van der Waals surface area contributed by atoms with Gasteiger partial charge in [-0.3, -0.25) is 4.79 Å². The van der Waals surface area contributed by atoms with E-state index in [0.29, 0.717) is 18.1 Å². The van der Waals surface area contributed by atoms with Gasteiger partial charge < -0.3 is 14.8 Å². The molecule has 0 spiro atoms. The van der Waals surface area contributed by atoms with Crippen molar-refractivity contribution in [2.75, 3.05) is 18.5 Å². The molecule has 1 N–H and O–H groups in total. The Balaban J connectivity index is 1.91. The number of halogens is 3. The average molecular weight is 353 g/mol. The van der Waals surface area contributed by atoms with Crippen LogP contribution in [0.15, 0.2) is 48.5 Å². The summed E-state index contributed by atoms with van der Waals surface area (Å²) in [7, 11) is 0. The number of carbonyl (C=O) groups is 1. The van der Waals surface area contributed by atoms with E-state index in [1.165, 1.54) is 12.1 Å². The zero-order valence-corrected chi connectivity index (χ0v) is 13.6. The van der Waals surface area contributed by atoms with Gasteiger partial charge in [0, 0.05) is 5.69 Å². The van der Waals surface area contributed by atoms with E-state index in [1.54, 1.807) is 24.3 Å². The fraction of sp³-hybridized carbons (Fsp3) is 0.278. The molecule has 0 aliphatic rings. The van der Waals surface area contributed by atoms with E-state index < -0.39 is 17.6 Å². The van der Waals surface area contributed by atoms with Crippen LogP contribution in [0.3, 0.4) is 0 Å². The van der Waals surface area contributed by atoms with E-state index in [1.807, 2.05) is 6.92 Å². The molecule has 2 aromatic rings. The number of alkyl halides is 3. The summed E-state index contributed by atoms with van der Waals surface area (Å²) >= 11 is 0. The summed E-state index contributed by atoms with van der Waals surface area (Å²) in [6.07, 6.45) is -3.57. The molecular formula is C18H18F3NO3. The standard InChI is InChI=1S/C18H18F3NO3/c1-2-11-24-15-5-3-4-6-16(15)25-12-17(23)22-14-9-7-13(8-10-14)18(19,20)21/h3-10H,2,11-12H2,1H3,(H,22,23). The molecule has 2 rings (SSSR count). The van der Waals surface area contributed by atoms with Crippen molar-refractivity contribution in [3.63, 3.8) is 0 Å². The lowest BCUT2D eigenvalue weighted by Crippen LogP contribution is -2.20. The van der Waals surface area contributed by atoms with Crippen LogP contribution in [0.2, 0.25) is 0 Å². The van der Waals surface area contributed by atoms with Gasteiger partial charge in [0.2, 0.25) is 0 Å². The first-order valence-electron chi connectivity index (χ1n) is 7.72. The summed E-state index contributed by atoms with van der Waals surface area (Å²) in [6, 6.07) is 11.2. The second kappa shape index (κ2) is 8.41. The highest BCUT2D eigenvalue weighted by Crippen LogP contribution is 2.30. The molecule has 0 unspecified atom stereocenters. The molecule has 0 saturated carbocycles. The molecule has 2 aromatic carbocycles. The largest absolute Gasteiger partial charge is 0.490 e. The number of ether oxygens (including phenoxy) is 2. The minimum Gasteiger partial charge on any atom is -0.490 e. The van der Waals surface area contributed by atoms with Gasteiger partial charge in [0.15, 0.2) is 18.1 Å². The van der Waals surface area contributed by atoms with E-state index >= 15 is 0 Å². The van der Waals surface area contributed by atoms with Crippen LogP contribution in [0.5, 0.6) is 11.5 Å². The molecule has 7 heteroatoms. The topological polar surface area (TPSA) is 47.6 Å². The lowest BCUT2D eigenvalue weighted by atomic mass is 10.2. The number of para-hydroxylation sites is 2. The fourth-order valence-electron chi connectivity index (χ4n) is 1.98. The number of rotatable bonds is 7. The number of amides is 1. The zero-order chi connectivity index (χ0) is 18.3. The van der Waals surface area contributed by atoms with Crippen molar-refractivity contribution in [3.05, 3.63) is 54.1 Å². The van der Waals surface area contributed by atoms with Crippen LogP contribution in [0.1, 0.15) is 18.9 Å². The van der Waals surface area contributed by atoms with Crippen molar-refractivity contribution in [3.8, 4) is 11.5 Å². The lowest BCUT2D eigenvalue weighted by molar-refractivity contribution is -0.137. The number of carbonyl (C=O) groups excluding carboxylic acids is 1. The Bertz CT molecular complexity index is 699. The maximum absolute atomic E-state index is 12.5. The third-order valence-corrected chi connectivity index (χ3v) is 3.17. The van der Waals surface area contributed by atoms with Crippen molar-refractivity contribution >= 4 is 11.6 Å². The molecule has 25 heavy (non-hydrogen) atoms. The monoisotopic (exact) mass is 353 g/mol. The SMILES string of the molecule is CCCOc1ccccc1OCC(=O)Nc1ccc(C(F)(F)F)cc1. The van der Waals surface area contributed by atoms with Crippen molar-refractivity contribution < 1.29 is 27.4 Å². The molecule has 0 saturated heterocycles. The fourth-order valence-corrected chi connectivity index (χ4v) is 1.98. The number of hydrogen-bond donors (Lipinski definition) is 1. The van der Waals surface area contributed by atoms with Gasteiger partial charge >= 0.3 is 6.18 Å². The van der Waals surface area contributed by atoms with E-state index in [9.17, 15) is 18.0 Å². The van der Waals surface area contributed by atoms with Gasteiger partial charge in [0.25, 0.3) is 5.91 Å². The molecule has 1 amide bonds. The Morgan fingerprint density at radius 2 is 1.60 bits per heavy atom. The minimum absolute atomic E-state index is 0.261. The number of anilines is 1. The Labute approximate surface area is 143 Å².